The highest BCUT2D eigenvalue weighted by molar-refractivity contribution is 5.81. The normalized spacial score (nSPS) is 14.5. The number of aryl methyl sites for hydroxylation is 2. The van der Waals surface area contributed by atoms with E-state index in [0.717, 1.165) is 47.7 Å². The largest absolute Gasteiger partial charge is 0.335 e. The van der Waals surface area contributed by atoms with Crippen LogP contribution in [0.2, 0.25) is 0 Å². The summed E-state index contributed by atoms with van der Waals surface area (Å²) in [5.74, 6) is 0. The molecule has 6 nitrogen and oxygen atoms in total. The second kappa shape index (κ2) is 9.33. The van der Waals surface area contributed by atoms with Gasteiger partial charge in [-0.25, -0.2) is 4.79 Å². The van der Waals surface area contributed by atoms with Gasteiger partial charge in [-0.15, -0.1) is 0 Å². The van der Waals surface area contributed by atoms with E-state index in [2.05, 4.69) is 28.3 Å². The van der Waals surface area contributed by atoms with Gasteiger partial charge in [-0.05, 0) is 73.0 Å². The molecule has 1 saturated carbocycles. The maximum absolute atomic E-state index is 13.2. The Morgan fingerprint density at radius 3 is 2.65 bits per heavy atom. The number of fused-ring (bicyclic) bond motifs is 1. The number of carbonyl (C=O) groups is 1. The average molecular weight is 419 g/mol. The van der Waals surface area contributed by atoms with E-state index < -0.39 is 0 Å². The molecule has 0 unspecified atom stereocenters. The van der Waals surface area contributed by atoms with Gasteiger partial charge in [0.2, 0.25) is 0 Å². The van der Waals surface area contributed by atoms with E-state index in [4.69, 9.17) is 0 Å². The second-order valence-corrected chi connectivity index (χ2v) is 8.65. The molecule has 0 spiro atoms. The van der Waals surface area contributed by atoms with E-state index in [1.165, 1.54) is 12.0 Å². The number of H-pyrrole nitrogens is 1. The lowest BCUT2D eigenvalue weighted by molar-refractivity contribution is 0.184. The monoisotopic (exact) mass is 418 g/mol. The number of pyridine rings is 2. The molecule has 1 fully saturated rings. The van der Waals surface area contributed by atoms with Crippen LogP contribution in [0.25, 0.3) is 10.9 Å². The Balaban J connectivity index is 1.61. The van der Waals surface area contributed by atoms with E-state index in [9.17, 15) is 9.59 Å². The third kappa shape index (κ3) is 5.13. The van der Waals surface area contributed by atoms with E-state index >= 15 is 0 Å². The minimum Gasteiger partial charge on any atom is -0.335 e. The molecule has 2 aromatic heterocycles. The van der Waals surface area contributed by atoms with Crippen LogP contribution < -0.4 is 10.9 Å². The summed E-state index contributed by atoms with van der Waals surface area (Å²) in [6.07, 6.45) is 9.04. The van der Waals surface area contributed by atoms with Crippen molar-refractivity contribution in [1.29, 1.82) is 0 Å². The number of hydrogen-bond donors (Lipinski definition) is 2. The predicted molar refractivity (Wildman–Crippen MR) is 123 cm³/mol. The van der Waals surface area contributed by atoms with Gasteiger partial charge in [0.05, 0.1) is 6.54 Å². The minimum absolute atomic E-state index is 0.129. The number of urea groups is 1. The summed E-state index contributed by atoms with van der Waals surface area (Å²) < 4.78 is 0. The molecule has 6 heteroatoms. The highest BCUT2D eigenvalue weighted by atomic mass is 16.2. The van der Waals surface area contributed by atoms with Crippen LogP contribution in [-0.4, -0.2) is 26.9 Å². The van der Waals surface area contributed by atoms with Crippen molar-refractivity contribution < 1.29 is 4.79 Å². The van der Waals surface area contributed by atoms with Crippen LogP contribution in [0.15, 0.2) is 47.5 Å². The Hall–Kier alpha value is -3.15. The third-order valence-electron chi connectivity index (χ3n) is 6.21. The van der Waals surface area contributed by atoms with Gasteiger partial charge >= 0.3 is 6.03 Å². The van der Waals surface area contributed by atoms with Gasteiger partial charge in [-0.3, -0.25) is 9.78 Å². The summed E-state index contributed by atoms with van der Waals surface area (Å²) >= 11 is 0. The zero-order valence-corrected chi connectivity index (χ0v) is 18.3. The molecule has 31 heavy (non-hydrogen) atoms. The first-order chi connectivity index (χ1) is 15.0. The Bertz CT molecular complexity index is 1120. The SMILES string of the molecule is Cc1cc2cc(CN(Cc3cccnc3)C(=O)NC3CCCCC3)c(=O)[nH]c2cc1C. The van der Waals surface area contributed by atoms with Gasteiger partial charge in [0, 0.05) is 36.1 Å². The number of amides is 2. The van der Waals surface area contributed by atoms with E-state index in [1.54, 1.807) is 17.3 Å². The molecule has 2 amide bonds. The van der Waals surface area contributed by atoms with E-state index in [1.807, 2.05) is 31.2 Å². The number of carbonyl (C=O) groups excluding carboxylic acids is 1. The van der Waals surface area contributed by atoms with Crippen LogP contribution in [-0.2, 0) is 13.1 Å². The molecule has 162 valence electrons. The zero-order chi connectivity index (χ0) is 21.8. The Labute approximate surface area is 182 Å². The lowest BCUT2D eigenvalue weighted by Crippen LogP contribution is -2.45. The Morgan fingerprint density at radius 2 is 1.90 bits per heavy atom. The van der Waals surface area contributed by atoms with E-state index in [-0.39, 0.29) is 24.2 Å². The lowest BCUT2D eigenvalue weighted by atomic mass is 9.96. The van der Waals surface area contributed by atoms with Crippen LogP contribution in [0.3, 0.4) is 0 Å². The molecule has 1 aliphatic carbocycles. The quantitative estimate of drug-likeness (QED) is 0.636. The van der Waals surface area contributed by atoms with Gasteiger partial charge in [-0.2, -0.15) is 0 Å². The fourth-order valence-corrected chi connectivity index (χ4v) is 4.27. The predicted octanol–water partition coefficient (Wildman–Crippen LogP) is 4.58. The summed E-state index contributed by atoms with van der Waals surface area (Å²) in [7, 11) is 0. The Kier molecular flexibility index (Phi) is 6.35. The molecule has 0 aliphatic heterocycles. The van der Waals surface area contributed by atoms with Crippen molar-refractivity contribution in [3.8, 4) is 0 Å². The third-order valence-corrected chi connectivity index (χ3v) is 6.21. The minimum atomic E-state index is -0.155. The molecule has 0 saturated heterocycles. The summed E-state index contributed by atoms with van der Waals surface area (Å²) in [5, 5.41) is 4.17. The summed E-state index contributed by atoms with van der Waals surface area (Å²) in [6.45, 7) is 4.74. The van der Waals surface area contributed by atoms with Crippen molar-refractivity contribution >= 4 is 16.9 Å². The highest BCUT2D eigenvalue weighted by Gasteiger charge is 2.21. The van der Waals surface area contributed by atoms with Crippen LogP contribution in [0.4, 0.5) is 4.79 Å². The molecule has 0 atom stereocenters. The number of hydrogen-bond acceptors (Lipinski definition) is 3. The number of aromatic nitrogens is 2. The van der Waals surface area contributed by atoms with Gasteiger partial charge in [0.1, 0.15) is 0 Å². The second-order valence-electron chi connectivity index (χ2n) is 8.65. The van der Waals surface area contributed by atoms with Crippen molar-refractivity contribution in [2.45, 2.75) is 65.1 Å². The van der Waals surface area contributed by atoms with E-state index in [0.29, 0.717) is 12.1 Å². The number of benzene rings is 1. The summed E-state index contributed by atoms with van der Waals surface area (Å²) in [6, 6.07) is 9.88. The van der Waals surface area contributed by atoms with Crippen LogP contribution in [0.5, 0.6) is 0 Å². The number of rotatable bonds is 5. The van der Waals surface area contributed by atoms with Crippen molar-refractivity contribution in [1.82, 2.24) is 20.2 Å². The zero-order valence-electron chi connectivity index (χ0n) is 18.3. The first-order valence-electron chi connectivity index (χ1n) is 11.1. The van der Waals surface area contributed by atoms with Gasteiger partial charge in [-0.1, -0.05) is 25.3 Å². The maximum Gasteiger partial charge on any atom is 0.318 e. The first-order valence-corrected chi connectivity index (χ1v) is 11.1. The smallest absolute Gasteiger partial charge is 0.318 e. The standard InChI is InChI=1S/C25H30N4O2/c1-17-11-20-13-21(24(30)28-23(20)12-18(17)2)16-29(15-19-7-6-10-26-14-19)25(31)27-22-8-4-3-5-9-22/h6-7,10-14,22H,3-5,8-9,15-16H2,1-2H3,(H,27,31)(H,28,30). The molecular formula is C25H30N4O2. The highest BCUT2D eigenvalue weighted by Crippen LogP contribution is 2.20. The number of aromatic amines is 1. The van der Waals surface area contributed by atoms with Gasteiger partial charge < -0.3 is 15.2 Å². The molecule has 2 N–H and O–H groups in total. The van der Waals surface area contributed by atoms with Crippen LogP contribution in [0.1, 0.15) is 54.4 Å². The van der Waals surface area contributed by atoms with Crippen LogP contribution >= 0.6 is 0 Å². The summed E-state index contributed by atoms with van der Waals surface area (Å²) in [5.41, 5.74) is 4.50. The molecule has 0 radical (unpaired) electrons. The Morgan fingerprint density at radius 1 is 1.13 bits per heavy atom. The van der Waals surface area contributed by atoms with Crippen molar-refractivity contribution in [3.63, 3.8) is 0 Å². The van der Waals surface area contributed by atoms with Crippen molar-refractivity contribution in [2.24, 2.45) is 0 Å². The fourth-order valence-electron chi connectivity index (χ4n) is 4.27. The molecule has 0 bridgehead atoms. The first kappa shape index (κ1) is 21.1. The maximum atomic E-state index is 13.2. The van der Waals surface area contributed by atoms with Crippen LogP contribution in [0, 0.1) is 13.8 Å². The van der Waals surface area contributed by atoms with Gasteiger partial charge in [0.25, 0.3) is 5.56 Å². The molecule has 2 heterocycles. The molecule has 3 aromatic rings. The van der Waals surface area contributed by atoms with Crippen molar-refractivity contribution in [3.05, 3.63) is 75.3 Å². The molecule has 1 aliphatic rings. The fraction of sp³-hybridized carbons (Fsp3) is 0.400. The molecule has 4 rings (SSSR count). The number of nitrogens with one attached hydrogen (secondary N) is 2. The molecule has 1 aromatic carbocycles. The lowest BCUT2D eigenvalue weighted by Gasteiger charge is -2.28. The number of nitrogens with zero attached hydrogens (tertiary/aromatic N) is 2. The average Bonchev–Trinajstić information content (AvgIpc) is 2.76. The topological polar surface area (TPSA) is 78.1 Å². The molecular weight excluding hydrogens is 388 g/mol. The van der Waals surface area contributed by atoms with Crippen molar-refractivity contribution in [2.75, 3.05) is 0 Å². The van der Waals surface area contributed by atoms with Gasteiger partial charge in [0.15, 0.2) is 0 Å². The summed E-state index contributed by atoms with van der Waals surface area (Å²) in [4.78, 5) is 34.9.